The van der Waals surface area contributed by atoms with Gasteiger partial charge in [-0.2, -0.15) is 5.26 Å². The summed E-state index contributed by atoms with van der Waals surface area (Å²) in [5.74, 6) is -0.0687. The van der Waals surface area contributed by atoms with Crippen LogP contribution in [0.25, 0.3) is 0 Å². The van der Waals surface area contributed by atoms with Crippen LogP contribution in [0.15, 0.2) is 28.7 Å². The number of benzene rings is 1. The number of ether oxygens (including phenoxy) is 1. The highest BCUT2D eigenvalue weighted by molar-refractivity contribution is 9.10. The van der Waals surface area contributed by atoms with Crippen LogP contribution in [0.2, 0.25) is 0 Å². The first-order chi connectivity index (χ1) is 8.58. The molecule has 0 aromatic heterocycles. The Bertz CT molecular complexity index is 444. The van der Waals surface area contributed by atoms with Crippen molar-refractivity contribution in [3.63, 3.8) is 0 Å². The third kappa shape index (κ3) is 4.63. The quantitative estimate of drug-likeness (QED) is 0.566. The lowest BCUT2D eigenvalue weighted by Gasteiger charge is -2.17. The highest BCUT2D eigenvalue weighted by Gasteiger charge is 2.22. The fourth-order valence-electron chi connectivity index (χ4n) is 1.29. The van der Waals surface area contributed by atoms with Gasteiger partial charge in [-0.1, -0.05) is 44.0 Å². The van der Waals surface area contributed by atoms with E-state index in [1.807, 2.05) is 24.3 Å². The molecule has 18 heavy (non-hydrogen) atoms. The van der Waals surface area contributed by atoms with E-state index in [1.54, 1.807) is 0 Å². The lowest BCUT2D eigenvalue weighted by atomic mass is 10.1. The molecule has 0 aliphatic carbocycles. The van der Waals surface area contributed by atoms with Gasteiger partial charge in [0.25, 0.3) is 0 Å². The van der Waals surface area contributed by atoms with Gasteiger partial charge in [0.05, 0.1) is 24.2 Å². The van der Waals surface area contributed by atoms with E-state index in [9.17, 15) is 4.79 Å². The van der Waals surface area contributed by atoms with Crippen LogP contribution in [0.3, 0.4) is 0 Å². The van der Waals surface area contributed by atoms with E-state index in [0.717, 1.165) is 10.0 Å². The topological polar surface area (TPSA) is 50.1 Å². The zero-order valence-electron chi connectivity index (χ0n) is 9.60. The van der Waals surface area contributed by atoms with Gasteiger partial charge in [-0.15, -0.1) is 11.8 Å². The number of methoxy groups -OCH3 is 1. The summed E-state index contributed by atoms with van der Waals surface area (Å²) in [4.78, 5) is 10.8. The maximum Gasteiger partial charge on any atom is 0.315 e. The summed E-state index contributed by atoms with van der Waals surface area (Å²) in [5, 5.41) is 8.90. The van der Waals surface area contributed by atoms with Gasteiger partial charge in [0.2, 0.25) is 0 Å². The smallest absolute Gasteiger partial charge is 0.315 e. The number of rotatable bonds is 5. The van der Waals surface area contributed by atoms with E-state index < -0.39 is 0 Å². The third-order valence-electron chi connectivity index (χ3n) is 2.20. The Kier molecular flexibility index (Phi) is 6.76. The molecule has 0 amide bonds. The Morgan fingerprint density at radius 2 is 2.11 bits per heavy atom. The molecule has 1 aromatic rings. The lowest BCUT2D eigenvalue weighted by molar-refractivity contribution is -0.137. The van der Waals surface area contributed by atoms with Gasteiger partial charge in [0.1, 0.15) is 4.83 Å². The van der Waals surface area contributed by atoms with E-state index >= 15 is 0 Å². The Labute approximate surface area is 127 Å². The Hall–Kier alpha value is -0.510. The van der Waals surface area contributed by atoms with E-state index in [4.69, 9.17) is 5.26 Å². The predicted molar refractivity (Wildman–Crippen MR) is 79.7 cm³/mol. The first-order valence-corrected chi connectivity index (χ1v) is 7.81. The van der Waals surface area contributed by atoms with Gasteiger partial charge in [-0.25, -0.2) is 0 Å². The molecule has 0 heterocycles. The number of carbonyl (C=O) groups is 1. The second-order valence-corrected chi connectivity index (χ2v) is 6.42. The van der Waals surface area contributed by atoms with Crippen molar-refractivity contribution in [2.45, 2.75) is 10.1 Å². The normalized spacial score (nSPS) is 13.4. The number of hydrogen-bond acceptors (Lipinski definition) is 4. The molecule has 0 spiro atoms. The molecule has 0 aliphatic rings. The van der Waals surface area contributed by atoms with Crippen molar-refractivity contribution in [1.29, 1.82) is 5.26 Å². The lowest BCUT2D eigenvalue weighted by Crippen LogP contribution is -2.11. The molecule has 1 aromatic carbocycles. The van der Waals surface area contributed by atoms with Gasteiger partial charge in [-0.3, -0.25) is 4.79 Å². The van der Waals surface area contributed by atoms with Crippen molar-refractivity contribution in [2.75, 3.05) is 12.9 Å². The van der Waals surface area contributed by atoms with Crippen LogP contribution in [0.4, 0.5) is 0 Å². The van der Waals surface area contributed by atoms with Gasteiger partial charge in [-0.05, 0) is 17.7 Å². The van der Waals surface area contributed by atoms with E-state index in [-0.39, 0.29) is 21.8 Å². The third-order valence-corrected chi connectivity index (χ3v) is 5.11. The Morgan fingerprint density at radius 3 is 2.61 bits per heavy atom. The highest BCUT2D eigenvalue weighted by Crippen LogP contribution is 2.36. The van der Waals surface area contributed by atoms with E-state index in [2.05, 4.69) is 42.7 Å². The monoisotopic (exact) mass is 391 g/mol. The maximum absolute atomic E-state index is 11.2. The number of nitriles is 1. The molecule has 0 aliphatic heterocycles. The summed E-state index contributed by atoms with van der Waals surface area (Å²) >= 11 is 8.08. The van der Waals surface area contributed by atoms with Crippen molar-refractivity contribution >= 4 is 49.6 Å². The first kappa shape index (κ1) is 15.5. The largest absolute Gasteiger partial charge is 0.468 e. The summed E-state index contributed by atoms with van der Waals surface area (Å²) in [6.45, 7) is 0. The fourth-order valence-corrected chi connectivity index (χ4v) is 3.33. The summed E-state index contributed by atoms with van der Waals surface area (Å²) < 4.78 is 5.58. The van der Waals surface area contributed by atoms with Gasteiger partial charge >= 0.3 is 5.97 Å². The average Bonchev–Trinajstić information content (AvgIpc) is 2.40. The van der Waals surface area contributed by atoms with Crippen LogP contribution in [-0.4, -0.2) is 23.7 Å². The molecule has 0 radical (unpaired) electrons. The number of alkyl halides is 1. The number of nitrogens with zero attached hydrogens (tertiary/aromatic N) is 1. The van der Waals surface area contributed by atoms with E-state index in [0.29, 0.717) is 0 Å². The number of thioether (sulfide) groups is 1. The molecule has 0 saturated carbocycles. The average molecular weight is 393 g/mol. The standard InChI is InChI=1S/C12H11Br2NO2S/c1-17-11(16)7-18-12(10(14)6-15)8-2-4-9(13)5-3-8/h2-5,10,12H,7H2,1H3. The summed E-state index contributed by atoms with van der Waals surface area (Å²) in [6, 6.07) is 9.85. The first-order valence-electron chi connectivity index (χ1n) is 5.06. The second kappa shape index (κ2) is 7.82. The SMILES string of the molecule is COC(=O)CSC(c1ccc(Br)cc1)C(Br)C#N. The van der Waals surface area contributed by atoms with Crippen LogP contribution in [0.5, 0.6) is 0 Å². The number of hydrogen-bond donors (Lipinski definition) is 0. The van der Waals surface area contributed by atoms with Crippen LogP contribution in [0, 0.1) is 11.3 Å². The zero-order valence-corrected chi connectivity index (χ0v) is 13.6. The fraction of sp³-hybridized carbons (Fsp3) is 0.333. The summed E-state index contributed by atoms with van der Waals surface area (Å²) in [5.41, 5.74) is 0.996. The van der Waals surface area contributed by atoms with Crippen molar-refractivity contribution in [3.8, 4) is 6.07 Å². The van der Waals surface area contributed by atoms with Gasteiger partial charge in [0, 0.05) is 4.47 Å². The van der Waals surface area contributed by atoms with Crippen molar-refractivity contribution in [3.05, 3.63) is 34.3 Å². The molecule has 2 unspecified atom stereocenters. The van der Waals surface area contributed by atoms with Crippen LogP contribution in [0.1, 0.15) is 10.8 Å². The van der Waals surface area contributed by atoms with Crippen molar-refractivity contribution < 1.29 is 9.53 Å². The maximum atomic E-state index is 11.2. The predicted octanol–water partition coefficient (Wildman–Crippen LogP) is 3.68. The Morgan fingerprint density at radius 1 is 1.50 bits per heavy atom. The van der Waals surface area contributed by atoms with Gasteiger partial charge < -0.3 is 4.74 Å². The minimum atomic E-state index is -0.353. The van der Waals surface area contributed by atoms with Crippen molar-refractivity contribution in [1.82, 2.24) is 0 Å². The number of esters is 1. The number of carbonyl (C=O) groups excluding carboxylic acids is 1. The second-order valence-electron chi connectivity index (χ2n) is 3.39. The number of halogens is 2. The molecule has 1 rings (SSSR count). The minimum Gasteiger partial charge on any atom is -0.468 e. The molecule has 96 valence electrons. The van der Waals surface area contributed by atoms with Crippen LogP contribution in [-0.2, 0) is 9.53 Å². The van der Waals surface area contributed by atoms with Crippen LogP contribution >= 0.6 is 43.6 Å². The molecule has 0 N–H and O–H groups in total. The minimum absolute atomic E-state index is 0.109. The molecule has 0 saturated heterocycles. The Balaban J connectivity index is 2.82. The molecule has 6 heteroatoms. The molecular weight excluding hydrogens is 382 g/mol. The van der Waals surface area contributed by atoms with Gasteiger partial charge in [0.15, 0.2) is 0 Å². The van der Waals surface area contributed by atoms with E-state index in [1.165, 1.54) is 18.9 Å². The highest BCUT2D eigenvalue weighted by atomic mass is 79.9. The van der Waals surface area contributed by atoms with Crippen molar-refractivity contribution in [2.24, 2.45) is 0 Å². The summed E-state index contributed by atoms with van der Waals surface area (Å²) in [6.07, 6.45) is 0. The zero-order chi connectivity index (χ0) is 13.5. The molecule has 3 nitrogen and oxygen atoms in total. The molecular formula is C12H11Br2NO2S. The van der Waals surface area contributed by atoms with Crippen LogP contribution < -0.4 is 0 Å². The molecule has 0 bridgehead atoms. The summed E-state index contributed by atoms with van der Waals surface area (Å²) in [7, 11) is 1.35. The molecule has 0 fully saturated rings. The molecule has 2 atom stereocenters.